The summed E-state index contributed by atoms with van der Waals surface area (Å²) in [5.41, 5.74) is 0.529. The first-order chi connectivity index (χ1) is 9.22. The van der Waals surface area contributed by atoms with Gasteiger partial charge in [0.25, 0.3) is 5.91 Å². The molecule has 0 bridgehead atoms. The fraction of sp³-hybridized carbons (Fsp3) is 0.571. The van der Waals surface area contributed by atoms with E-state index in [0.29, 0.717) is 17.4 Å². The third-order valence-corrected chi connectivity index (χ3v) is 3.53. The number of nitrogens with one attached hydrogen (secondary N) is 1. The van der Waals surface area contributed by atoms with E-state index in [4.69, 9.17) is 4.74 Å². The Morgan fingerprint density at radius 3 is 2.95 bits per heavy atom. The highest BCUT2D eigenvalue weighted by atomic mass is 16.5. The summed E-state index contributed by atoms with van der Waals surface area (Å²) in [7, 11) is 3.38. The number of amides is 1. The first kappa shape index (κ1) is 13.8. The van der Waals surface area contributed by atoms with Crippen molar-refractivity contribution in [2.24, 2.45) is 5.92 Å². The standard InChI is InChI=1S/C14H21N3O2/c1-17(10-11-5-8-15-9-6-11)14(18)12-4-3-7-16-13(12)19-2/h3-4,7,11,15H,5-6,8-10H2,1-2H3. The summed E-state index contributed by atoms with van der Waals surface area (Å²) in [4.78, 5) is 18.2. The van der Waals surface area contributed by atoms with Gasteiger partial charge >= 0.3 is 0 Å². The van der Waals surface area contributed by atoms with Crippen LogP contribution >= 0.6 is 0 Å². The van der Waals surface area contributed by atoms with Gasteiger partial charge < -0.3 is 15.0 Å². The maximum absolute atomic E-state index is 12.4. The normalized spacial score (nSPS) is 16.1. The lowest BCUT2D eigenvalue weighted by molar-refractivity contribution is 0.0758. The molecule has 1 aliphatic heterocycles. The van der Waals surface area contributed by atoms with Crippen molar-refractivity contribution in [3.05, 3.63) is 23.9 Å². The van der Waals surface area contributed by atoms with E-state index in [2.05, 4.69) is 10.3 Å². The Labute approximate surface area is 114 Å². The molecule has 1 aliphatic rings. The third-order valence-electron chi connectivity index (χ3n) is 3.53. The summed E-state index contributed by atoms with van der Waals surface area (Å²) in [5, 5.41) is 3.33. The fourth-order valence-corrected chi connectivity index (χ4v) is 2.46. The summed E-state index contributed by atoms with van der Waals surface area (Å²) in [6.07, 6.45) is 3.88. The van der Waals surface area contributed by atoms with Crippen LogP contribution in [0.5, 0.6) is 5.88 Å². The zero-order valence-electron chi connectivity index (χ0n) is 11.6. The zero-order valence-corrected chi connectivity index (χ0v) is 11.6. The van der Waals surface area contributed by atoms with Gasteiger partial charge in [0.2, 0.25) is 5.88 Å². The highest BCUT2D eigenvalue weighted by Gasteiger charge is 2.21. The van der Waals surface area contributed by atoms with Crippen LogP contribution in [0.4, 0.5) is 0 Å². The van der Waals surface area contributed by atoms with Crippen LogP contribution in [-0.2, 0) is 0 Å². The minimum atomic E-state index is -0.0246. The first-order valence-electron chi connectivity index (χ1n) is 6.67. The molecule has 0 saturated carbocycles. The van der Waals surface area contributed by atoms with Gasteiger partial charge in [-0.2, -0.15) is 0 Å². The van der Waals surface area contributed by atoms with Crippen LogP contribution < -0.4 is 10.1 Å². The van der Waals surface area contributed by atoms with Gasteiger partial charge in [0.05, 0.1) is 7.11 Å². The van der Waals surface area contributed by atoms with Crippen LogP contribution in [0.15, 0.2) is 18.3 Å². The number of aromatic nitrogens is 1. The molecule has 19 heavy (non-hydrogen) atoms. The molecule has 0 spiro atoms. The topological polar surface area (TPSA) is 54.5 Å². The Bertz CT molecular complexity index is 430. The van der Waals surface area contributed by atoms with Crippen LogP contribution in [0.25, 0.3) is 0 Å². The fourth-order valence-electron chi connectivity index (χ4n) is 2.46. The molecule has 0 atom stereocenters. The number of piperidine rings is 1. The number of hydrogen-bond donors (Lipinski definition) is 1. The van der Waals surface area contributed by atoms with E-state index >= 15 is 0 Å². The van der Waals surface area contributed by atoms with Gasteiger partial charge in [-0.1, -0.05) is 0 Å². The van der Waals surface area contributed by atoms with Crippen LogP contribution in [-0.4, -0.2) is 49.6 Å². The summed E-state index contributed by atoms with van der Waals surface area (Å²) >= 11 is 0. The minimum Gasteiger partial charge on any atom is -0.480 e. The van der Waals surface area contributed by atoms with E-state index in [9.17, 15) is 4.79 Å². The first-order valence-corrected chi connectivity index (χ1v) is 6.67. The SMILES string of the molecule is COc1ncccc1C(=O)N(C)CC1CCNCC1. The molecule has 0 unspecified atom stereocenters. The molecule has 0 aliphatic carbocycles. The predicted octanol–water partition coefficient (Wildman–Crippen LogP) is 1.16. The van der Waals surface area contributed by atoms with Gasteiger partial charge in [0, 0.05) is 19.8 Å². The van der Waals surface area contributed by atoms with Crippen molar-refractivity contribution in [3.8, 4) is 5.88 Å². The molecule has 0 aromatic carbocycles. The van der Waals surface area contributed by atoms with Gasteiger partial charge in [-0.25, -0.2) is 4.98 Å². The molecule has 1 N–H and O–H groups in total. The van der Waals surface area contributed by atoms with Crippen molar-refractivity contribution in [1.29, 1.82) is 0 Å². The molecule has 1 saturated heterocycles. The quantitative estimate of drug-likeness (QED) is 0.885. The number of hydrogen-bond acceptors (Lipinski definition) is 4. The van der Waals surface area contributed by atoms with Crippen LogP contribution in [0, 0.1) is 5.92 Å². The second-order valence-electron chi connectivity index (χ2n) is 4.94. The van der Waals surface area contributed by atoms with Gasteiger partial charge in [-0.3, -0.25) is 4.79 Å². The Morgan fingerprint density at radius 2 is 2.26 bits per heavy atom. The zero-order chi connectivity index (χ0) is 13.7. The van der Waals surface area contributed by atoms with Crippen molar-refractivity contribution in [3.63, 3.8) is 0 Å². The number of carbonyl (C=O) groups excluding carboxylic acids is 1. The van der Waals surface area contributed by atoms with E-state index in [1.54, 1.807) is 23.2 Å². The smallest absolute Gasteiger partial charge is 0.259 e. The Balaban J connectivity index is 2.01. The van der Waals surface area contributed by atoms with Crippen LogP contribution in [0.1, 0.15) is 23.2 Å². The lowest BCUT2D eigenvalue weighted by Gasteiger charge is -2.27. The second-order valence-corrected chi connectivity index (χ2v) is 4.94. The largest absolute Gasteiger partial charge is 0.480 e. The Morgan fingerprint density at radius 1 is 1.53 bits per heavy atom. The lowest BCUT2D eigenvalue weighted by Crippen LogP contribution is -2.37. The molecule has 2 rings (SSSR count). The molecular weight excluding hydrogens is 242 g/mol. The highest BCUT2D eigenvalue weighted by Crippen LogP contribution is 2.18. The van der Waals surface area contributed by atoms with E-state index in [1.165, 1.54) is 7.11 Å². The van der Waals surface area contributed by atoms with E-state index in [0.717, 1.165) is 32.5 Å². The summed E-state index contributed by atoms with van der Waals surface area (Å²) in [6.45, 7) is 2.88. The summed E-state index contributed by atoms with van der Waals surface area (Å²) in [5.74, 6) is 0.950. The predicted molar refractivity (Wildman–Crippen MR) is 73.3 cm³/mol. The third kappa shape index (κ3) is 3.44. The molecular formula is C14H21N3O2. The van der Waals surface area contributed by atoms with E-state index < -0.39 is 0 Å². The molecule has 1 fully saturated rings. The molecule has 1 aromatic rings. The average Bonchev–Trinajstić information content (AvgIpc) is 2.47. The number of nitrogens with zero attached hydrogens (tertiary/aromatic N) is 2. The maximum Gasteiger partial charge on any atom is 0.259 e. The van der Waals surface area contributed by atoms with Crippen molar-refractivity contribution >= 4 is 5.91 Å². The second kappa shape index (κ2) is 6.52. The molecule has 1 aromatic heterocycles. The van der Waals surface area contributed by atoms with Crippen LogP contribution in [0.3, 0.4) is 0 Å². The maximum atomic E-state index is 12.4. The minimum absolute atomic E-state index is 0.0246. The van der Waals surface area contributed by atoms with E-state index in [-0.39, 0.29) is 5.91 Å². The molecule has 1 amide bonds. The molecule has 2 heterocycles. The van der Waals surface area contributed by atoms with Crippen molar-refractivity contribution in [2.75, 3.05) is 33.8 Å². The number of methoxy groups -OCH3 is 1. The van der Waals surface area contributed by atoms with Crippen molar-refractivity contribution < 1.29 is 9.53 Å². The number of rotatable bonds is 4. The number of ether oxygens (including phenoxy) is 1. The van der Waals surface area contributed by atoms with Gasteiger partial charge in [-0.05, 0) is 44.0 Å². The lowest BCUT2D eigenvalue weighted by atomic mass is 9.97. The highest BCUT2D eigenvalue weighted by molar-refractivity contribution is 5.96. The van der Waals surface area contributed by atoms with Gasteiger partial charge in [0.15, 0.2) is 0 Å². The van der Waals surface area contributed by atoms with Gasteiger partial charge in [0.1, 0.15) is 5.56 Å². The Kier molecular flexibility index (Phi) is 4.74. The van der Waals surface area contributed by atoms with Crippen molar-refractivity contribution in [1.82, 2.24) is 15.2 Å². The van der Waals surface area contributed by atoms with Crippen molar-refractivity contribution in [2.45, 2.75) is 12.8 Å². The Hall–Kier alpha value is -1.62. The molecule has 5 heteroatoms. The molecule has 0 radical (unpaired) electrons. The summed E-state index contributed by atoms with van der Waals surface area (Å²) in [6, 6.07) is 3.52. The summed E-state index contributed by atoms with van der Waals surface area (Å²) < 4.78 is 5.14. The number of pyridine rings is 1. The van der Waals surface area contributed by atoms with Gasteiger partial charge in [-0.15, -0.1) is 0 Å². The monoisotopic (exact) mass is 263 g/mol. The van der Waals surface area contributed by atoms with Crippen LogP contribution in [0.2, 0.25) is 0 Å². The van der Waals surface area contributed by atoms with E-state index in [1.807, 2.05) is 7.05 Å². The average molecular weight is 263 g/mol. The number of carbonyl (C=O) groups is 1. The molecule has 104 valence electrons. The molecule has 5 nitrogen and oxygen atoms in total.